The molecule has 0 bridgehead atoms. The summed E-state index contributed by atoms with van der Waals surface area (Å²) in [6, 6.07) is 7.56. The maximum absolute atomic E-state index is 12.1. The summed E-state index contributed by atoms with van der Waals surface area (Å²) in [7, 11) is 1.61. The first kappa shape index (κ1) is 22.2. The van der Waals surface area contributed by atoms with E-state index in [0.717, 1.165) is 42.1 Å². The number of alkyl carbamates (subject to hydrolysis) is 1. The standard InChI is InChI=1S/C24H30N2O6/c1-24(2,3)32-22(27)26-15-7-5-14(6-8-15)20-21(31-23(28)30-20)17-11-12-25-19-10-9-16(29-4)13-18(17)19/h9-15,20-21H,5-8H2,1-4H3,(H,26,27)/t14?,15?,20-,21-/m0/s1. The lowest BCUT2D eigenvalue weighted by molar-refractivity contribution is 0.0436. The Kier molecular flexibility index (Phi) is 6.13. The Morgan fingerprint density at radius 1 is 1.12 bits per heavy atom. The maximum atomic E-state index is 12.1. The number of cyclic esters (lactones) is 2. The Morgan fingerprint density at radius 2 is 1.88 bits per heavy atom. The van der Waals surface area contributed by atoms with Gasteiger partial charge >= 0.3 is 12.2 Å². The van der Waals surface area contributed by atoms with Crippen molar-refractivity contribution in [3.63, 3.8) is 0 Å². The minimum atomic E-state index is -0.651. The molecule has 8 nitrogen and oxygen atoms in total. The molecule has 2 atom stereocenters. The van der Waals surface area contributed by atoms with E-state index in [0.29, 0.717) is 5.75 Å². The highest BCUT2D eigenvalue weighted by atomic mass is 16.8. The number of rotatable bonds is 4. The van der Waals surface area contributed by atoms with E-state index in [-0.39, 0.29) is 18.1 Å². The molecule has 4 rings (SSSR count). The number of fused-ring (bicyclic) bond motifs is 1. The van der Waals surface area contributed by atoms with Crippen LogP contribution in [0.2, 0.25) is 0 Å². The number of pyridine rings is 1. The first-order valence-electron chi connectivity index (χ1n) is 11.0. The second-order valence-electron chi connectivity index (χ2n) is 9.41. The van der Waals surface area contributed by atoms with Gasteiger partial charge in [0.25, 0.3) is 0 Å². The zero-order chi connectivity index (χ0) is 22.9. The molecule has 0 unspecified atom stereocenters. The molecule has 172 valence electrons. The number of amides is 1. The monoisotopic (exact) mass is 442 g/mol. The number of benzene rings is 1. The minimum Gasteiger partial charge on any atom is -0.497 e. The zero-order valence-electron chi connectivity index (χ0n) is 18.9. The molecule has 1 aromatic carbocycles. The Bertz CT molecular complexity index is 994. The Hall–Kier alpha value is -3.03. The lowest BCUT2D eigenvalue weighted by Gasteiger charge is -2.33. The first-order chi connectivity index (χ1) is 15.2. The molecule has 0 spiro atoms. The molecule has 2 heterocycles. The normalized spacial score (nSPS) is 25.7. The molecule has 2 fully saturated rings. The summed E-state index contributed by atoms with van der Waals surface area (Å²) < 4.78 is 22.0. The quantitative estimate of drug-likeness (QED) is 0.673. The second kappa shape index (κ2) is 8.84. The molecule has 0 radical (unpaired) electrons. The number of hydrogen-bond acceptors (Lipinski definition) is 7. The highest BCUT2D eigenvalue weighted by molar-refractivity contribution is 5.84. The van der Waals surface area contributed by atoms with E-state index in [1.54, 1.807) is 13.3 Å². The van der Waals surface area contributed by atoms with Gasteiger partial charge in [-0.25, -0.2) is 9.59 Å². The fourth-order valence-corrected chi connectivity index (χ4v) is 4.54. The van der Waals surface area contributed by atoms with Crippen LogP contribution in [0.4, 0.5) is 9.59 Å². The summed E-state index contributed by atoms with van der Waals surface area (Å²) in [5.41, 5.74) is 1.13. The van der Waals surface area contributed by atoms with Crippen LogP contribution in [0.1, 0.15) is 58.1 Å². The van der Waals surface area contributed by atoms with Crippen LogP contribution in [-0.4, -0.2) is 42.1 Å². The van der Waals surface area contributed by atoms with Gasteiger partial charge in [-0.2, -0.15) is 0 Å². The van der Waals surface area contributed by atoms with Gasteiger partial charge in [-0.05, 0) is 70.7 Å². The average molecular weight is 443 g/mol. The minimum absolute atomic E-state index is 0.0450. The van der Waals surface area contributed by atoms with Crippen molar-refractivity contribution in [1.82, 2.24) is 10.3 Å². The summed E-state index contributed by atoms with van der Waals surface area (Å²) in [4.78, 5) is 28.6. The third kappa shape index (κ3) is 4.89. The van der Waals surface area contributed by atoms with Gasteiger partial charge in [-0.1, -0.05) is 0 Å². The molecule has 1 aromatic heterocycles. The zero-order valence-corrected chi connectivity index (χ0v) is 18.9. The molecule has 1 N–H and O–H groups in total. The molecule has 1 saturated carbocycles. The van der Waals surface area contributed by atoms with Crippen molar-refractivity contribution in [2.24, 2.45) is 5.92 Å². The van der Waals surface area contributed by atoms with Crippen LogP contribution >= 0.6 is 0 Å². The number of aromatic nitrogens is 1. The molecule has 2 aliphatic rings. The third-order valence-electron chi connectivity index (χ3n) is 6.00. The molecule has 2 aromatic rings. The van der Waals surface area contributed by atoms with E-state index >= 15 is 0 Å². The van der Waals surface area contributed by atoms with Crippen molar-refractivity contribution in [2.75, 3.05) is 7.11 Å². The number of methoxy groups -OCH3 is 1. The highest BCUT2D eigenvalue weighted by Crippen LogP contribution is 2.42. The van der Waals surface area contributed by atoms with Gasteiger partial charge in [0.1, 0.15) is 17.5 Å². The maximum Gasteiger partial charge on any atom is 0.509 e. The number of carbonyl (C=O) groups is 2. The molecule has 1 aliphatic heterocycles. The molecular formula is C24H30N2O6. The van der Waals surface area contributed by atoms with Gasteiger partial charge in [-0.3, -0.25) is 4.98 Å². The van der Waals surface area contributed by atoms with E-state index in [1.165, 1.54) is 0 Å². The van der Waals surface area contributed by atoms with Gasteiger partial charge < -0.3 is 24.3 Å². The molecule has 1 saturated heterocycles. The number of nitrogens with one attached hydrogen (secondary N) is 1. The summed E-state index contributed by atoms with van der Waals surface area (Å²) in [5, 5.41) is 3.83. The largest absolute Gasteiger partial charge is 0.509 e. The molecule has 32 heavy (non-hydrogen) atoms. The van der Waals surface area contributed by atoms with Crippen LogP contribution in [0, 0.1) is 5.92 Å². The number of ether oxygens (including phenoxy) is 4. The highest BCUT2D eigenvalue weighted by Gasteiger charge is 2.44. The predicted octanol–water partition coefficient (Wildman–Crippen LogP) is 4.90. The van der Waals surface area contributed by atoms with E-state index < -0.39 is 24.0 Å². The summed E-state index contributed by atoms with van der Waals surface area (Å²) in [6.45, 7) is 5.53. The Labute approximate surface area is 187 Å². The summed E-state index contributed by atoms with van der Waals surface area (Å²) in [6.07, 6.45) is 2.96. The van der Waals surface area contributed by atoms with Crippen molar-refractivity contribution < 1.29 is 28.5 Å². The smallest absolute Gasteiger partial charge is 0.497 e. The van der Waals surface area contributed by atoms with E-state index in [1.807, 2.05) is 45.0 Å². The summed E-state index contributed by atoms with van der Waals surface area (Å²) >= 11 is 0. The van der Waals surface area contributed by atoms with Crippen molar-refractivity contribution >= 4 is 23.2 Å². The second-order valence-corrected chi connectivity index (χ2v) is 9.41. The van der Waals surface area contributed by atoms with Crippen LogP contribution < -0.4 is 10.1 Å². The molecule has 1 aliphatic carbocycles. The lowest BCUT2D eigenvalue weighted by atomic mass is 9.79. The lowest BCUT2D eigenvalue weighted by Crippen LogP contribution is -2.42. The fourth-order valence-electron chi connectivity index (χ4n) is 4.54. The van der Waals surface area contributed by atoms with Crippen LogP contribution in [0.3, 0.4) is 0 Å². The van der Waals surface area contributed by atoms with Crippen molar-refractivity contribution in [1.29, 1.82) is 0 Å². The molecule has 1 amide bonds. The fraction of sp³-hybridized carbons (Fsp3) is 0.542. The van der Waals surface area contributed by atoms with Gasteiger partial charge in [0.15, 0.2) is 6.10 Å². The van der Waals surface area contributed by atoms with Crippen molar-refractivity contribution in [3.8, 4) is 5.75 Å². The SMILES string of the molecule is COc1ccc2nccc([C@@H]3OC(=O)O[C@H]3C3CCC(NC(=O)OC(C)(C)C)CC3)c2c1. The van der Waals surface area contributed by atoms with Gasteiger partial charge in [0.05, 0.1) is 12.6 Å². The Morgan fingerprint density at radius 3 is 2.56 bits per heavy atom. The van der Waals surface area contributed by atoms with Crippen molar-refractivity contribution in [2.45, 2.75) is 70.3 Å². The number of hydrogen-bond donors (Lipinski definition) is 1. The van der Waals surface area contributed by atoms with E-state index in [9.17, 15) is 9.59 Å². The van der Waals surface area contributed by atoms with Gasteiger partial charge in [0, 0.05) is 29.1 Å². The van der Waals surface area contributed by atoms with Crippen LogP contribution in [-0.2, 0) is 14.2 Å². The van der Waals surface area contributed by atoms with Crippen LogP contribution in [0.5, 0.6) is 5.75 Å². The van der Waals surface area contributed by atoms with Gasteiger partial charge in [-0.15, -0.1) is 0 Å². The summed E-state index contributed by atoms with van der Waals surface area (Å²) in [5.74, 6) is 0.847. The average Bonchev–Trinajstić information content (AvgIpc) is 3.13. The molecular weight excluding hydrogens is 412 g/mol. The number of carbonyl (C=O) groups excluding carboxylic acids is 2. The van der Waals surface area contributed by atoms with Crippen LogP contribution in [0.25, 0.3) is 10.9 Å². The Balaban J connectivity index is 1.47. The van der Waals surface area contributed by atoms with E-state index in [2.05, 4.69) is 10.3 Å². The first-order valence-corrected chi connectivity index (χ1v) is 11.0. The van der Waals surface area contributed by atoms with Crippen molar-refractivity contribution in [3.05, 3.63) is 36.0 Å². The van der Waals surface area contributed by atoms with Crippen LogP contribution in [0.15, 0.2) is 30.5 Å². The van der Waals surface area contributed by atoms with E-state index in [4.69, 9.17) is 18.9 Å². The van der Waals surface area contributed by atoms with Gasteiger partial charge in [0.2, 0.25) is 0 Å². The predicted molar refractivity (Wildman–Crippen MR) is 118 cm³/mol. The number of nitrogens with zero attached hydrogens (tertiary/aromatic N) is 1. The third-order valence-corrected chi connectivity index (χ3v) is 6.00. The molecule has 8 heteroatoms. The topological polar surface area (TPSA) is 96.0 Å².